The van der Waals surface area contributed by atoms with Crippen LogP contribution >= 0.6 is 0 Å². The van der Waals surface area contributed by atoms with Crippen molar-refractivity contribution >= 4 is 11.7 Å². The van der Waals surface area contributed by atoms with Crippen LogP contribution in [0.2, 0.25) is 0 Å². The normalized spacial score (nSPS) is 19.5. The van der Waals surface area contributed by atoms with Gasteiger partial charge in [-0.1, -0.05) is 0 Å². The summed E-state index contributed by atoms with van der Waals surface area (Å²) in [5.74, 6) is 0.403. The monoisotopic (exact) mass is 238 g/mol. The van der Waals surface area contributed by atoms with E-state index in [-0.39, 0.29) is 18.6 Å². The second kappa shape index (κ2) is 5.18. The van der Waals surface area contributed by atoms with E-state index in [0.717, 1.165) is 25.0 Å². The maximum Gasteiger partial charge on any atom is 0.241 e. The second-order valence-corrected chi connectivity index (χ2v) is 4.33. The van der Waals surface area contributed by atoms with Crippen molar-refractivity contribution in [3.05, 3.63) is 11.8 Å². The third-order valence-corrected chi connectivity index (χ3v) is 2.84. The third-order valence-electron chi connectivity index (χ3n) is 2.84. The number of carbonyl (C=O) groups is 1. The summed E-state index contributed by atoms with van der Waals surface area (Å²) in [6.45, 7) is 3.44. The molecule has 6 heteroatoms. The van der Waals surface area contributed by atoms with Gasteiger partial charge < -0.3 is 15.8 Å². The molecule has 2 heterocycles. The van der Waals surface area contributed by atoms with Gasteiger partial charge in [-0.05, 0) is 19.8 Å². The Labute approximate surface area is 100 Å². The lowest BCUT2D eigenvalue weighted by molar-refractivity contribution is -0.122. The predicted molar refractivity (Wildman–Crippen MR) is 63.4 cm³/mol. The average Bonchev–Trinajstić information content (AvgIpc) is 2.87. The average molecular weight is 238 g/mol. The molecule has 94 valence electrons. The summed E-state index contributed by atoms with van der Waals surface area (Å²) in [7, 11) is 0. The van der Waals surface area contributed by atoms with Crippen LogP contribution in [0.5, 0.6) is 0 Å². The topological polar surface area (TPSA) is 82.2 Å². The van der Waals surface area contributed by atoms with E-state index in [1.54, 1.807) is 10.9 Å². The first kappa shape index (κ1) is 11.9. The highest BCUT2D eigenvalue weighted by Gasteiger charge is 2.16. The molecule has 0 bridgehead atoms. The molecule has 1 unspecified atom stereocenters. The molecule has 0 saturated carbocycles. The number of aromatic nitrogens is 2. The summed E-state index contributed by atoms with van der Waals surface area (Å²) >= 11 is 0. The van der Waals surface area contributed by atoms with Crippen LogP contribution in [-0.4, -0.2) is 34.9 Å². The molecule has 1 aromatic rings. The Kier molecular flexibility index (Phi) is 3.63. The van der Waals surface area contributed by atoms with Crippen molar-refractivity contribution < 1.29 is 9.53 Å². The maximum atomic E-state index is 11.6. The molecule has 3 N–H and O–H groups in total. The minimum atomic E-state index is -0.0667. The molecule has 1 fully saturated rings. The van der Waals surface area contributed by atoms with Crippen LogP contribution in [0, 0.1) is 6.92 Å². The number of hydrogen-bond acceptors (Lipinski definition) is 4. The number of nitrogens with zero attached hydrogens (tertiary/aromatic N) is 2. The Morgan fingerprint density at radius 3 is 3.18 bits per heavy atom. The zero-order valence-electron chi connectivity index (χ0n) is 9.98. The summed E-state index contributed by atoms with van der Waals surface area (Å²) < 4.78 is 6.97. The van der Waals surface area contributed by atoms with Gasteiger partial charge in [0, 0.05) is 24.9 Å². The fraction of sp³-hybridized carbons (Fsp3) is 0.636. The maximum absolute atomic E-state index is 11.6. The molecule has 0 spiro atoms. The van der Waals surface area contributed by atoms with E-state index in [1.165, 1.54) is 0 Å². The Balaban J connectivity index is 1.76. The van der Waals surface area contributed by atoms with Crippen LogP contribution in [0.15, 0.2) is 6.20 Å². The summed E-state index contributed by atoms with van der Waals surface area (Å²) in [6.07, 6.45) is 4.04. The van der Waals surface area contributed by atoms with Gasteiger partial charge in [-0.2, -0.15) is 5.10 Å². The summed E-state index contributed by atoms with van der Waals surface area (Å²) in [6, 6.07) is 0. The highest BCUT2D eigenvalue weighted by molar-refractivity contribution is 5.75. The van der Waals surface area contributed by atoms with Crippen molar-refractivity contribution in [1.82, 2.24) is 15.1 Å². The predicted octanol–water partition coefficient (Wildman–Crippen LogP) is 0.0689. The van der Waals surface area contributed by atoms with Crippen LogP contribution < -0.4 is 11.1 Å². The number of nitrogens with one attached hydrogen (secondary N) is 1. The summed E-state index contributed by atoms with van der Waals surface area (Å²) in [5, 5.41) is 6.87. The molecule has 2 rings (SSSR count). The molecule has 0 radical (unpaired) electrons. The summed E-state index contributed by atoms with van der Waals surface area (Å²) in [4.78, 5) is 11.6. The van der Waals surface area contributed by atoms with Crippen molar-refractivity contribution in [3.63, 3.8) is 0 Å². The molecule has 1 atom stereocenters. The molecule has 6 nitrogen and oxygen atoms in total. The highest BCUT2D eigenvalue weighted by atomic mass is 16.5. The Hall–Kier alpha value is -1.56. The first-order chi connectivity index (χ1) is 8.15. The lowest BCUT2D eigenvalue weighted by Gasteiger charge is -2.10. The molecule has 1 aliphatic rings. The lowest BCUT2D eigenvalue weighted by Crippen LogP contribution is -2.34. The minimum Gasteiger partial charge on any atom is -0.382 e. The number of carbonyl (C=O) groups excluding carboxylic acids is 1. The Bertz CT molecular complexity index is 377. The number of ether oxygens (including phenoxy) is 1. The van der Waals surface area contributed by atoms with Crippen molar-refractivity contribution in [2.75, 3.05) is 18.9 Å². The lowest BCUT2D eigenvalue weighted by atomic mass is 10.2. The Morgan fingerprint density at radius 1 is 1.76 bits per heavy atom. The molecular weight excluding hydrogens is 220 g/mol. The van der Waals surface area contributed by atoms with Crippen LogP contribution in [0.1, 0.15) is 18.4 Å². The van der Waals surface area contributed by atoms with Gasteiger partial charge in [0.05, 0.1) is 6.10 Å². The number of amides is 1. The van der Waals surface area contributed by atoms with Gasteiger partial charge in [-0.25, -0.2) is 0 Å². The Morgan fingerprint density at radius 2 is 2.59 bits per heavy atom. The number of nitrogen functional groups attached to an aromatic ring is 1. The number of aryl methyl sites for hydroxylation is 1. The zero-order valence-corrected chi connectivity index (χ0v) is 9.98. The first-order valence-electron chi connectivity index (χ1n) is 5.83. The van der Waals surface area contributed by atoms with Gasteiger partial charge in [-0.15, -0.1) is 0 Å². The van der Waals surface area contributed by atoms with E-state index in [4.69, 9.17) is 10.5 Å². The number of hydrogen-bond donors (Lipinski definition) is 2. The van der Waals surface area contributed by atoms with Crippen LogP contribution in [0.3, 0.4) is 0 Å². The fourth-order valence-electron chi connectivity index (χ4n) is 1.85. The van der Waals surface area contributed by atoms with Crippen molar-refractivity contribution in [2.45, 2.75) is 32.4 Å². The zero-order chi connectivity index (χ0) is 12.3. The quantitative estimate of drug-likeness (QED) is 0.777. The largest absolute Gasteiger partial charge is 0.382 e. The molecule has 0 aliphatic carbocycles. The van der Waals surface area contributed by atoms with Gasteiger partial charge in [0.2, 0.25) is 5.91 Å². The van der Waals surface area contributed by atoms with Gasteiger partial charge in [-0.3, -0.25) is 9.48 Å². The fourth-order valence-corrected chi connectivity index (χ4v) is 1.85. The van der Waals surface area contributed by atoms with Gasteiger partial charge >= 0.3 is 0 Å². The van der Waals surface area contributed by atoms with Gasteiger partial charge in [0.15, 0.2) is 0 Å². The molecule has 17 heavy (non-hydrogen) atoms. The van der Waals surface area contributed by atoms with Crippen LogP contribution in [0.4, 0.5) is 5.82 Å². The van der Waals surface area contributed by atoms with Crippen LogP contribution in [0.25, 0.3) is 0 Å². The van der Waals surface area contributed by atoms with Crippen molar-refractivity contribution in [3.8, 4) is 0 Å². The molecule has 1 amide bonds. The van der Waals surface area contributed by atoms with E-state index in [9.17, 15) is 4.79 Å². The van der Waals surface area contributed by atoms with E-state index >= 15 is 0 Å². The number of rotatable bonds is 4. The smallest absolute Gasteiger partial charge is 0.241 e. The molecular formula is C11H18N4O2. The number of anilines is 1. The van der Waals surface area contributed by atoms with E-state index in [1.807, 2.05) is 6.92 Å². The van der Waals surface area contributed by atoms with E-state index in [2.05, 4.69) is 10.4 Å². The second-order valence-electron chi connectivity index (χ2n) is 4.33. The van der Waals surface area contributed by atoms with Crippen molar-refractivity contribution in [2.24, 2.45) is 0 Å². The SMILES string of the molecule is Cc1cn(CC(=O)NCC2CCCO2)nc1N. The van der Waals surface area contributed by atoms with Crippen LogP contribution in [-0.2, 0) is 16.1 Å². The molecule has 1 aliphatic heterocycles. The van der Waals surface area contributed by atoms with E-state index in [0.29, 0.717) is 12.4 Å². The number of nitrogens with two attached hydrogens (primary N) is 1. The van der Waals surface area contributed by atoms with Crippen molar-refractivity contribution in [1.29, 1.82) is 0 Å². The minimum absolute atomic E-state index is 0.0667. The van der Waals surface area contributed by atoms with Gasteiger partial charge in [0.1, 0.15) is 12.4 Å². The third kappa shape index (κ3) is 3.20. The highest BCUT2D eigenvalue weighted by Crippen LogP contribution is 2.10. The summed E-state index contributed by atoms with van der Waals surface area (Å²) in [5.41, 5.74) is 6.49. The van der Waals surface area contributed by atoms with Gasteiger partial charge in [0.25, 0.3) is 0 Å². The molecule has 0 aromatic carbocycles. The molecule has 1 saturated heterocycles. The van der Waals surface area contributed by atoms with E-state index < -0.39 is 0 Å². The first-order valence-corrected chi connectivity index (χ1v) is 5.83. The molecule has 1 aromatic heterocycles. The standard InChI is InChI=1S/C11H18N4O2/c1-8-6-15(14-11(8)12)7-10(16)13-5-9-3-2-4-17-9/h6,9H,2-5,7H2,1H3,(H2,12,14)(H,13,16).